The molecular weight excluding hydrogens is 262 g/mol. The van der Waals surface area contributed by atoms with Crippen LogP contribution >= 0.6 is 0 Å². The second-order valence-electron chi connectivity index (χ2n) is 7.31. The Kier molecular flexibility index (Phi) is 6.49. The van der Waals surface area contributed by atoms with Gasteiger partial charge in [-0.2, -0.15) is 0 Å². The minimum absolute atomic E-state index is 0.196. The van der Waals surface area contributed by atoms with E-state index in [-0.39, 0.29) is 5.91 Å². The monoisotopic (exact) mass is 295 g/mol. The summed E-state index contributed by atoms with van der Waals surface area (Å²) in [5.74, 6) is 1.44. The van der Waals surface area contributed by atoms with E-state index in [1.54, 1.807) is 0 Å². The second kappa shape index (κ2) is 8.14. The van der Waals surface area contributed by atoms with Gasteiger partial charge in [0.25, 0.3) is 0 Å². The van der Waals surface area contributed by atoms with Crippen LogP contribution in [-0.4, -0.2) is 42.5 Å². The van der Waals surface area contributed by atoms with Crippen LogP contribution in [0.5, 0.6) is 0 Å². The molecule has 0 aromatic carbocycles. The fourth-order valence-electron chi connectivity index (χ4n) is 4.21. The Balaban J connectivity index is 1.84. The van der Waals surface area contributed by atoms with Gasteiger partial charge < -0.3 is 11.1 Å². The summed E-state index contributed by atoms with van der Waals surface area (Å²) in [6.07, 6.45) is 8.69. The third-order valence-electron chi connectivity index (χ3n) is 5.25. The summed E-state index contributed by atoms with van der Waals surface area (Å²) < 4.78 is 0. The molecule has 4 nitrogen and oxygen atoms in total. The van der Waals surface area contributed by atoms with Gasteiger partial charge in [-0.25, -0.2) is 0 Å². The average Bonchev–Trinajstić information content (AvgIpc) is 2.66. The zero-order chi connectivity index (χ0) is 15.2. The van der Waals surface area contributed by atoms with E-state index in [9.17, 15) is 4.79 Å². The molecule has 2 fully saturated rings. The normalized spacial score (nSPS) is 32.6. The molecule has 0 bridgehead atoms. The highest BCUT2D eigenvalue weighted by atomic mass is 16.2. The van der Waals surface area contributed by atoms with Crippen molar-refractivity contribution in [1.29, 1.82) is 0 Å². The molecule has 21 heavy (non-hydrogen) atoms. The smallest absolute Gasteiger partial charge is 0.234 e. The van der Waals surface area contributed by atoms with Gasteiger partial charge in [-0.05, 0) is 31.1 Å². The molecule has 3 unspecified atom stereocenters. The number of nitrogens with two attached hydrogens (primary N) is 1. The molecule has 3 atom stereocenters. The molecule has 1 saturated carbocycles. The Bertz CT molecular complexity index is 326. The number of hydrogen-bond donors (Lipinski definition) is 2. The summed E-state index contributed by atoms with van der Waals surface area (Å²) in [4.78, 5) is 14.7. The van der Waals surface area contributed by atoms with Gasteiger partial charge in [0.2, 0.25) is 5.91 Å². The molecule has 0 radical (unpaired) electrons. The maximum atomic E-state index is 12.4. The number of hydrogen-bond acceptors (Lipinski definition) is 3. The van der Waals surface area contributed by atoms with Gasteiger partial charge in [0.05, 0.1) is 6.54 Å². The molecule has 1 aliphatic heterocycles. The number of nitrogens with one attached hydrogen (secondary N) is 1. The van der Waals surface area contributed by atoms with Crippen molar-refractivity contribution in [1.82, 2.24) is 10.2 Å². The number of piperidine rings is 1. The number of rotatable bonds is 4. The first-order chi connectivity index (χ1) is 10.1. The van der Waals surface area contributed by atoms with Crippen LogP contribution in [0.2, 0.25) is 0 Å². The van der Waals surface area contributed by atoms with Gasteiger partial charge >= 0.3 is 0 Å². The highest BCUT2D eigenvalue weighted by Crippen LogP contribution is 2.26. The lowest BCUT2D eigenvalue weighted by atomic mass is 9.85. The zero-order valence-electron chi connectivity index (χ0n) is 13.8. The van der Waals surface area contributed by atoms with Crippen molar-refractivity contribution in [2.45, 2.75) is 70.9 Å². The maximum absolute atomic E-state index is 12.4. The number of carbonyl (C=O) groups excluding carboxylic acids is 1. The van der Waals surface area contributed by atoms with Gasteiger partial charge in [0.15, 0.2) is 0 Å². The van der Waals surface area contributed by atoms with Crippen molar-refractivity contribution in [2.24, 2.45) is 17.6 Å². The number of amides is 1. The molecule has 122 valence electrons. The van der Waals surface area contributed by atoms with Crippen LogP contribution in [0.25, 0.3) is 0 Å². The number of carbonyl (C=O) groups is 1. The van der Waals surface area contributed by atoms with E-state index in [1.165, 1.54) is 32.1 Å². The summed E-state index contributed by atoms with van der Waals surface area (Å²) in [5.41, 5.74) is 5.94. The molecule has 1 saturated heterocycles. The van der Waals surface area contributed by atoms with Gasteiger partial charge in [-0.3, -0.25) is 9.69 Å². The van der Waals surface area contributed by atoms with Crippen LogP contribution in [0.3, 0.4) is 0 Å². The summed E-state index contributed by atoms with van der Waals surface area (Å²) in [6, 6.07) is 0.761. The molecule has 1 heterocycles. The largest absolute Gasteiger partial charge is 0.352 e. The lowest BCUT2D eigenvalue weighted by Gasteiger charge is -2.42. The van der Waals surface area contributed by atoms with Crippen molar-refractivity contribution in [3.63, 3.8) is 0 Å². The summed E-state index contributed by atoms with van der Waals surface area (Å²) in [7, 11) is 0. The van der Waals surface area contributed by atoms with Gasteiger partial charge in [0, 0.05) is 25.2 Å². The van der Waals surface area contributed by atoms with Gasteiger partial charge in [0.1, 0.15) is 0 Å². The van der Waals surface area contributed by atoms with E-state index in [0.717, 1.165) is 19.4 Å². The standard InChI is InChI=1S/C17H33N3O/c1-13-9-14(2)16(10-18)20(11-13)12-17(21)19-15-7-5-3-4-6-8-15/h13-16H,3-12,18H2,1-2H3,(H,19,21). The highest BCUT2D eigenvalue weighted by molar-refractivity contribution is 5.78. The predicted octanol–water partition coefficient (Wildman–Crippen LogP) is 2.13. The molecule has 4 heteroatoms. The fourth-order valence-corrected chi connectivity index (χ4v) is 4.21. The Morgan fingerprint density at radius 1 is 1.19 bits per heavy atom. The van der Waals surface area contributed by atoms with Crippen molar-refractivity contribution in [2.75, 3.05) is 19.6 Å². The van der Waals surface area contributed by atoms with Crippen LogP contribution in [0.1, 0.15) is 58.8 Å². The first kappa shape index (κ1) is 16.8. The first-order valence-electron chi connectivity index (χ1n) is 8.83. The van der Waals surface area contributed by atoms with Crippen LogP contribution < -0.4 is 11.1 Å². The van der Waals surface area contributed by atoms with Crippen LogP contribution in [0.15, 0.2) is 0 Å². The molecule has 0 aromatic rings. The van der Waals surface area contributed by atoms with Crippen LogP contribution in [0, 0.1) is 11.8 Å². The van der Waals surface area contributed by atoms with Crippen LogP contribution in [0.4, 0.5) is 0 Å². The predicted molar refractivity (Wildman–Crippen MR) is 87.0 cm³/mol. The topological polar surface area (TPSA) is 58.4 Å². The molecule has 1 amide bonds. The Hall–Kier alpha value is -0.610. The SMILES string of the molecule is CC1CC(C)C(CN)N(CC(=O)NC2CCCCCC2)C1. The highest BCUT2D eigenvalue weighted by Gasteiger charge is 2.32. The van der Waals surface area contributed by atoms with Crippen molar-refractivity contribution < 1.29 is 4.79 Å². The number of likely N-dealkylation sites (tertiary alicyclic amines) is 1. The molecule has 0 aromatic heterocycles. The average molecular weight is 295 g/mol. The molecule has 2 rings (SSSR count). The Labute approximate surface area is 129 Å². The first-order valence-corrected chi connectivity index (χ1v) is 8.83. The Morgan fingerprint density at radius 2 is 1.86 bits per heavy atom. The fraction of sp³-hybridized carbons (Fsp3) is 0.941. The van der Waals surface area contributed by atoms with Crippen LogP contribution in [-0.2, 0) is 4.79 Å². The quantitative estimate of drug-likeness (QED) is 0.781. The molecule has 0 spiro atoms. The lowest BCUT2D eigenvalue weighted by molar-refractivity contribution is -0.124. The summed E-state index contributed by atoms with van der Waals surface area (Å²) in [5, 5.41) is 3.26. The second-order valence-corrected chi connectivity index (χ2v) is 7.31. The van der Waals surface area contributed by atoms with E-state index < -0.39 is 0 Å². The summed E-state index contributed by atoms with van der Waals surface area (Å²) >= 11 is 0. The summed E-state index contributed by atoms with van der Waals surface area (Å²) in [6.45, 7) is 6.73. The van der Waals surface area contributed by atoms with Crippen molar-refractivity contribution in [3.8, 4) is 0 Å². The third kappa shape index (κ3) is 4.96. The van der Waals surface area contributed by atoms with Crippen molar-refractivity contribution >= 4 is 5.91 Å². The molecule has 3 N–H and O–H groups in total. The molecular formula is C17H33N3O. The maximum Gasteiger partial charge on any atom is 0.234 e. The van der Waals surface area contributed by atoms with Crippen molar-refractivity contribution in [3.05, 3.63) is 0 Å². The number of nitrogens with zero attached hydrogens (tertiary/aromatic N) is 1. The van der Waals surface area contributed by atoms with E-state index in [2.05, 4.69) is 24.1 Å². The zero-order valence-corrected chi connectivity index (χ0v) is 13.8. The van der Waals surface area contributed by atoms with E-state index in [0.29, 0.717) is 37.0 Å². The minimum Gasteiger partial charge on any atom is -0.352 e. The van der Waals surface area contributed by atoms with E-state index >= 15 is 0 Å². The minimum atomic E-state index is 0.196. The third-order valence-corrected chi connectivity index (χ3v) is 5.25. The molecule has 2 aliphatic rings. The molecule has 1 aliphatic carbocycles. The van der Waals surface area contributed by atoms with Gasteiger partial charge in [-0.15, -0.1) is 0 Å². The van der Waals surface area contributed by atoms with E-state index in [4.69, 9.17) is 5.73 Å². The lowest BCUT2D eigenvalue weighted by Crippen LogP contribution is -2.54. The van der Waals surface area contributed by atoms with Gasteiger partial charge in [-0.1, -0.05) is 39.5 Å². The Morgan fingerprint density at radius 3 is 2.48 bits per heavy atom. The van der Waals surface area contributed by atoms with E-state index in [1.807, 2.05) is 0 Å².